The van der Waals surface area contributed by atoms with Crippen LogP contribution in [0.4, 0.5) is 10.5 Å². The average molecular weight is 276 g/mol. The Bertz CT molecular complexity index is 516. The van der Waals surface area contributed by atoms with E-state index < -0.39 is 11.9 Å². The number of para-hydroxylation sites is 1. The van der Waals surface area contributed by atoms with Gasteiger partial charge in [0, 0.05) is 18.3 Å². The van der Waals surface area contributed by atoms with Crippen molar-refractivity contribution in [1.29, 1.82) is 0 Å². The molecular weight excluding hydrogens is 256 g/mol. The van der Waals surface area contributed by atoms with Crippen molar-refractivity contribution in [3.63, 3.8) is 0 Å². The molecule has 2 unspecified atom stereocenters. The fourth-order valence-electron chi connectivity index (χ4n) is 2.67. The number of carboxylic acid groups (broad SMARTS) is 1. The second kappa shape index (κ2) is 5.94. The molecule has 2 N–H and O–H groups in total. The van der Waals surface area contributed by atoms with E-state index in [1.165, 1.54) is 0 Å². The van der Waals surface area contributed by atoms with Crippen LogP contribution in [0.5, 0.6) is 0 Å². The van der Waals surface area contributed by atoms with Crippen LogP contribution >= 0.6 is 0 Å². The fraction of sp³-hybridized carbons (Fsp3) is 0.467. The van der Waals surface area contributed by atoms with E-state index in [0.717, 1.165) is 6.42 Å². The molecule has 2 rings (SSSR count). The van der Waals surface area contributed by atoms with Crippen molar-refractivity contribution in [2.45, 2.75) is 38.6 Å². The average Bonchev–Trinajstić information content (AvgIpc) is 2.43. The van der Waals surface area contributed by atoms with E-state index >= 15 is 0 Å². The zero-order valence-corrected chi connectivity index (χ0v) is 11.8. The van der Waals surface area contributed by atoms with Gasteiger partial charge < -0.3 is 10.4 Å². The van der Waals surface area contributed by atoms with Crippen LogP contribution in [0.2, 0.25) is 0 Å². The van der Waals surface area contributed by atoms with Gasteiger partial charge in [-0.05, 0) is 31.4 Å². The topological polar surface area (TPSA) is 69.6 Å². The Kier molecular flexibility index (Phi) is 4.27. The summed E-state index contributed by atoms with van der Waals surface area (Å²) in [4.78, 5) is 25.3. The van der Waals surface area contributed by atoms with Crippen LogP contribution in [0.1, 0.15) is 38.2 Å². The molecule has 0 saturated carbocycles. The monoisotopic (exact) mass is 276 g/mol. The number of urea groups is 1. The van der Waals surface area contributed by atoms with Crippen molar-refractivity contribution in [3.05, 3.63) is 29.8 Å². The second-order valence-corrected chi connectivity index (χ2v) is 5.14. The van der Waals surface area contributed by atoms with E-state index in [9.17, 15) is 14.7 Å². The summed E-state index contributed by atoms with van der Waals surface area (Å²) in [6.45, 7) is 4.50. The number of benzene rings is 1. The Balaban J connectivity index is 2.36. The van der Waals surface area contributed by atoms with Crippen molar-refractivity contribution >= 4 is 17.7 Å². The molecule has 2 atom stereocenters. The smallest absolute Gasteiger partial charge is 0.322 e. The van der Waals surface area contributed by atoms with E-state index in [0.29, 0.717) is 24.2 Å². The maximum absolute atomic E-state index is 12.3. The van der Waals surface area contributed by atoms with Gasteiger partial charge in [0.25, 0.3) is 0 Å². The molecule has 0 aromatic heterocycles. The van der Waals surface area contributed by atoms with Crippen molar-refractivity contribution < 1.29 is 14.7 Å². The van der Waals surface area contributed by atoms with Gasteiger partial charge in [-0.3, -0.25) is 9.69 Å². The first-order valence-electron chi connectivity index (χ1n) is 6.95. The molecular formula is C15H20N2O3. The van der Waals surface area contributed by atoms with Crippen molar-refractivity contribution in [2.75, 3.05) is 11.4 Å². The lowest BCUT2D eigenvalue weighted by atomic mass is 9.86. The van der Waals surface area contributed by atoms with E-state index in [-0.39, 0.29) is 12.1 Å². The number of anilines is 1. The predicted octanol–water partition coefficient (Wildman–Crippen LogP) is 2.57. The minimum absolute atomic E-state index is 0.136. The normalized spacial score (nSPS) is 21.2. The van der Waals surface area contributed by atoms with Gasteiger partial charge >= 0.3 is 12.0 Å². The van der Waals surface area contributed by atoms with Crippen LogP contribution in [0, 0.1) is 0 Å². The first kappa shape index (κ1) is 14.4. The first-order chi connectivity index (χ1) is 9.56. The van der Waals surface area contributed by atoms with Gasteiger partial charge in [0.1, 0.15) is 0 Å². The van der Waals surface area contributed by atoms with Gasteiger partial charge in [0.2, 0.25) is 0 Å². The summed E-state index contributed by atoms with van der Waals surface area (Å²) in [5.41, 5.74) is 1.41. The van der Waals surface area contributed by atoms with Gasteiger partial charge in [-0.2, -0.15) is 0 Å². The molecule has 5 heteroatoms. The highest BCUT2D eigenvalue weighted by Crippen LogP contribution is 2.38. The molecule has 20 heavy (non-hydrogen) atoms. The molecule has 0 radical (unpaired) electrons. The molecule has 1 aliphatic rings. The number of fused-ring (bicyclic) bond motifs is 1. The van der Waals surface area contributed by atoms with E-state index in [2.05, 4.69) is 5.32 Å². The Morgan fingerprint density at radius 2 is 2.10 bits per heavy atom. The lowest BCUT2D eigenvalue weighted by molar-refractivity contribution is -0.139. The Morgan fingerprint density at radius 3 is 2.75 bits per heavy atom. The van der Waals surface area contributed by atoms with Gasteiger partial charge in [-0.1, -0.05) is 25.1 Å². The number of carbonyl (C=O) groups excluding carboxylic acids is 1. The highest BCUT2D eigenvalue weighted by molar-refractivity contribution is 5.96. The summed E-state index contributed by atoms with van der Waals surface area (Å²) in [5, 5.41) is 12.2. The van der Waals surface area contributed by atoms with E-state index in [1.807, 2.05) is 32.0 Å². The van der Waals surface area contributed by atoms with Crippen LogP contribution in [-0.4, -0.2) is 29.7 Å². The number of hydrogen-bond donors (Lipinski definition) is 2. The molecule has 1 aromatic carbocycles. The third-order valence-corrected chi connectivity index (χ3v) is 3.63. The summed E-state index contributed by atoms with van der Waals surface area (Å²) in [6.07, 6.45) is 1.30. The minimum Gasteiger partial charge on any atom is -0.481 e. The SMILES string of the molecule is CCCNC(=O)N1c2ccccc2C(C(=O)O)CC1C. The quantitative estimate of drug-likeness (QED) is 0.891. The number of hydrogen-bond acceptors (Lipinski definition) is 2. The summed E-state index contributed by atoms with van der Waals surface area (Å²) in [7, 11) is 0. The Hall–Kier alpha value is -2.04. The second-order valence-electron chi connectivity index (χ2n) is 5.14. The number of carboxylic acids is 1. The molecule has 0 aliphatic carbocycles. The highest BCUT2D eigenvalue weighted by atomic mass is 16.4. The van der Waals surface area contributed by atoms with Crippen LogP contribution in [0.3, 0.4) is 0 Å². The number of nitrogens with one attached hydrogen (secondary N) is 1. The highest BCUT2D eigenvalue weighted by Gasteiger charge is 2.36. The third-order valence-electron chi connectivity index (χ3n) is 3.63. The number of nitrogens with zero attached hydrogens (tertiary/aromatic N) is 1. The third kappa shape index (κ3) is 2.61. The summed E-state index contributed by atoms with van der Waals surface area (Å²) < 4.78 is 0. The molecule has 0 spiro atoms. The van der Waals surface area contributed by atoms with Gasteiger partial charge in [-0.25, -0.2) is 4.79 Å². The van der Waals surface area contributed by atoms with Crippen molar-refractivity contribution in [1.82, 2.24) is 5.32 Å². The maximum atomic E-state index is 12.3. The molecule has 1 heterocycles. The van der Waals surface area contributed by atoms with Gasteiger partial charge in [0.05, 0.1) is 5.92 Å². The lowest BCUT2D eigenvalue weighted by Crippen LogP contribution is -2.49. The van der Waals surface area contributed by atoms with Crippen molar-refractivity contribution in [2.24, 2.45) is 0 Å². The number of rotatable bonds is 3. The summed E-state index contributed by atoms with van der Waals surface area (Å²) in [5.74, 6) is -1.38. The van der Waals surface area contributed by atoms with Crippen LogP contribution in [0.25, 0.3) is 0 Å². The molecule has 108 valence electrons. The number of carbonyl (C=O) groups is 2. The molecule has 1 aromatic rings. The van der Waals surface area contributed by atoms with E-state index in [4.69, 9.17) is 0 Å². The lowest BCUT2D eigenvalue weighted by Gasteiger charge is -2.37. The molecule has 0 bridgehead atoms. The molecule has 0 fully saturated rings. The molecule has 2 amide bonds. The van der Waals surface area contributed by atoms with Gasteiger partial charge in [-0.15, -0.1) is 0 Å². The molecule has 1 aliphatic heterocycles. The fourth-order valence-corrected chi connectivity index (χ4v) is 2.67. The van der Waals surface area contributed by atoms with Crippen LogP contribution in [-0.2, 0) is 4.79 Å². The Labute approximate surface area is 118 Å². The van der Waals surface area contributed by atoms with Gasteiger partial charge in [0.15, 0.2) is 0 Å². The first-order valence-corrected chi connectivity index (χ1v) is 6.95. The molecule has 0 saturated heterocycles. The van der Waals surface area contributed by atoms with Crippen LogP contribution in [0.15, 0.2) is 24.3 Å². The standard InChI is InChI=1S/C15H20N2O3/c1-3-8-16-15(20)17-10(2)9-12(14(18)19)11-6-4-5-7-13(11)17/h4-7,10,12H,3,8-9H2,1-2H3,(H,16,20)(H,18,19). The largest absolute Gasteiger partial charge is 0.481 e. The Morgan fingerprint density at radius 1 is 1.40 bits per heavy atom. The number of amides is 2. The summed E-state index contributed by atoms with van der Waals surface area (Å²) in [6, 6.07) is 6.95. The zero-order valence-electron chi connectivity index (χ0n) is 11.8. The predicted molar refractivity (Wildman–Crippen MR) is 77.1 cm³/mol. The summed E-state index contributed by atoms with van der Waals surface area (Å²) >= 11 is 0. The maximum Gasteiger partial charge on any atom is 0.322 e. The minimum atomic E-state index is -0.835. The van der Waals surface area contributed by atoms with Crippen LogP contribution < -0.4 is 10.2 Å². The molecule has 5 nitrogen and oxygen atoms in total. The van der Waals surface area contributed by atoms with E-state index in [1.54, 1.807) is 11.0 Å². The zero-order chi connectivity index (χ0) is 14.7. The van der Waals surface area contributed by atoms with Crippen molar-refractivity contribution in [3.8, 4) is 0 Å². The number of aliphatic carboxylic acids is 1.